The summed E-state index contributed by atoms with van der Waals surface area (Å²) in [5, 5.41) is 24.1. The minimum Gasteiger partial charge on any atom is -0.479 e. The molecule has 0 saturated heterocycles. The molecule has 0 spiro atoms. The van der Waals surface area contributed by atoms with Gasteiger partial charge < -0.3 is 14.3 Å². The first-order valence-corrected chi connectivity index (χ1v) is 8.70. The number of hydrogen-bond acceptors (Lipinski definition) is 7. The molecule has 1 aromatic heterocycles. The van der Waals surface area contributed by atoms with E-state index in [9.17, 15) is 37.6 Å². The fourth-order valence-corrected chi connectivity index (χ4v) is 2.82. The molecule has 1 N–H and O–H groups in total. The Bertz CT molecular complexity index is 1040. The van der Waals surface area contributed by atoms with Crippen molar-refractivity contribution in [1.29, 1.82) is 0 Å². The highest BCUT2D eigenvalue weighted by Crippen LogP contribution is 2.34. The van der Waals surface area contributed by atoms with E-state index in [4.69, 9.17) is 9.15 Å². The number of furan rings is 1. The zero-order chi connectivity index (χ0) is 22.9. The lowest BCUT2D eigenvalue weighted by molar-refractivity contribution is -0.386. The summed E-state index contributed by atoms with van der Waals surface area (Å²) in [4.78, 5) is 22.9. The second kappa shape index (κ2) is 8.34. The van der Waals surface area contributed by atoms with E-state index in [0.29, 0.717) is 5.56 Å². The first-order valence-electron chi connectivity index (χ1n) is 8.70. The molecule has 0 saturated carbocycles. The van der Waals surface area contributed by atoms with Crippen molar-refractivity contribution in [2.75, 3.05) is 0 Å². The summed E-state index contributed by atoms with van der Waals surface area (Å²) in [5.41, 5.74) is -3.98. The molecular weight excluding hydrogens is 430 g/mol. The molecule has 1 aromatic carbocycles. The molecule has 1 amide bonds. The Hall–Kier alpha value is -3.48. The number of benzene rings is 1. The normalized spacial score (nSPS) is 18.6. The summed E-state index contributed by atoms with van der Waals surface area (Å²) in [6.45, 7) is 1.30. The topological polar surface area (TPSA) is 118 Å². The van der Waals surface area contributed by atoms with Gasteiger partial charge in [0, 0.05) is 12.5 Å². The van der Waals surface area contributed by atoms with Crippen molar-refractivity contribution < 1.29 is 41.5 Å². The summed E-state index contributed by atoms with van der Waals surface area (Å²) >= 11 is 0. The van der Waals surface area contributed by atoms with Gasteiger partial charge in [-0.3, -0.25) is 14.9 Å². The van der Waals surface area contributed by atoms with Gasteiger partial charge in [-0.25, -0.2) is 17.6 Å². The maximum Gasteiger partial charge on any atom is 0.312 e. The quantitative estimate of drug-likeness (QED) is 0.396. The number of aryl methyl sites for hydroxylation is 1. The van der Waals surface area contributed by atoms with Crippen molar-refractivity contribution in [1.82, 2.24) is 5.01 Å². The minimum absolute atomic E-state index is 0.0175. The van der Waals surface area contributed by atoms with Crippen LogP contribution in [0.1, 0.15) is 28.3 Å². The average Bonchev–Trinajstić information content (AvgIpc) is 3.32. The van der Waals surface area contributed by atoms with Crippen LogP contribution in [0.4, 0.5) is 23.2 Å². The molecule has 13 heteroatoms. The minimum atomic E-state index is -3.57. The summed E-state index contributed by atoms with van der Waals surface area (Å²) in [6, 6.07) is 6.52. The summed E-state index contributed by atoms with van der Waals surface area (Å²) in [7, 11) is 0. The van der Waals surface area contributed by atoms with Crippen LogP contribution >= 0.6 is 0 Å². The van der Waals surface area contributed by atoms with E-state index < -0.39 is 47.3 Å². The van der Waals surface area contributed by atoms with Gasteiger partial charge >= 0.3 is 11.6 Å². The number of halogens is 4. The molecule has 166 valence electrons. The molecule has 31 heavy (non-hydrogen) atoms. The number of hydrogen-bond donors (Lipinski definition) is 1. The molecular formula is C18H15F4N3O6. The van der Waals surface area contributed by atoms with Gasteiger partial charge in [-0.1, -0.05) is 6.07 Å². The maximum atomic E-state index is 13.3. The third-order valence-electron chi connectivity index (χ3n) is 4.38. The van der Waals surface area contributed by atoms with E-state index in [2.05, 4.69) is 5.10 Å². The smallest absolute Gasteiger partial charge is 0.312 e. The highest BCUT2D eigenvalue weighted by molar-refractivity contribution is 5.97. The molecule has 0 radical (unpaired) electrons. The predicted molar refractivity (Wildman–Crippen MR) is 96.1 cm³/mol. The SMILES string of the molecule is Cc1ccc(OCc2ccc(C(=O)N3N=C(C(F)F)C[C@]3(O)C(F)F)o2)c([N+](=O)[O-])c1. The van der Waals surface area contributed by atoms with Crippen molar-refractivity contribution in [3.05, 3.63) is 57.5 Å². The van der Waals surface area contributed by atoms with Crippen LogP contribution in [-0.4, -0.2) is 45.2 Å². The standard InChI is InChI=1S/C18H15F4N3O6/c1-9-2-4-13(12(6-9)25(28)29)30-8-10-3-5-14(31-10)16(26)24-18(27,17(21)22)7-11(23-24)15(19)20/h2-6,15,17,27H,7-8H2,1H3/t18-/m0/s1. The fourth-order valence-electron chi connectivity index (χ4n) is 2.82. The largest absolute Gasteiger partial charge is 0.479 e. The van der Waals surface area contributed by atoms with Crippen LogP contribution in [0.25, 0.3) is 0 Å². The molecule has 1 atom stereocenters. The third kappa shape index (κ3) is 4.35. The van der Waals surface area contributed by atoms with Crippen LogP contribution in [-0.2, 0) is 6.61 Å². The van der Waals surface area contributed by atoms with Crippen molar-refractivity contribution in [2.24, 2.45) is 5.10 Å². The molecule has 0 unspecified atom stereocenters. The van der Waals surface area contributed by atoms with Crippen LogP contribution in [0.2, 0.25) is 0 Å². The van der Waals surface area contributed by atoms with Gasteiger partial charge in [-0.05, 0) is 30.7 Å². The molecule has 1 aliphatic heterocycles. The summed E-state index contributed by atoms with van der Waals surface area (Å²) in [5.74, 6) is -2.03. The average molecular weight is 445 g/mol. The number of nitrogens with zero attached hydrogens (tertiary/aromatic N) is 3. The van der Waals surface area contributed by atoms with Crippen LogP contribution in [0.15, 0.2) is 39.9 Å². The zero-order valence-electron chi connectivity index (χ0n) is 15.8. The van der Waals surface area contributed by atoms with Gasteiger partial charge in [0.2, 0.25) is 5.72 Å². The molecule has 0 aliphatic carbocycles. The van der Waals surface area contributed by atoms with E-state index in [1.807, 2.05) is 0 Å². The van der Waals surface area contributed by atoms with Crippen LogP contribution in [0.3, 0.4) is 0 Å². The second-order valence-electron chi connectivity index (χ2n) is 6.65. The van der Waals surface area contributed by atoms with Crippen LogP contribution < -0.4 is 4.74 Å². The highest BCUT2D eigenvalue weighted by Gasteiger charge is 2.54. The summed E-state index contributed by atoms with van der Waals surface area (Å²) in [6.07, 6.45) is -8.03. The highest BCUT2D eigenvalue weighted by atomic mass is 19.3. The molecule has 0 fully saturated rings. The van der Waals surface area contributed by atoms with Gasteiger partial charge in [0.05, 0.1) is 4.92 Å². The lowest BCUT2D eigenvalue weighted by Crippen LogP contribution is -2.51. The number of alkyl halides is 4. The van der Waals surface area contributed by atoms with Crippen molar-refractivity contribution in [3.8, 4) is 5.75 Å². The molecule has 1 aliphatic rings. The van der Waals surface area contributed by atoms with Crippen molar-refractivity contribution >= 4 is 17.3 Å². The van der Waals surface area contributed by atoms with E-state index in [1.165, 1.54) is 18.2 Å². The Kier molecular flexibility index (Phi) is 5.97. The first-order chi connectivity index (χ1) is 14.5. The van der Waals surface area contributed by atoms with E-state index >= 15 is 0 Å². The number of carbonyl (C=O) groups excluding carboxylic acids is 1. The number of amides is 1. The lowest BCUT2D eigenvalue weighted by Gasteiger charge is -2.29. The Morgan fingerprint density at radius 2 is 2.06 bits per heavy atom. The third-order valence-corrected chi connectivity index (χ3v) is 4.38. The van der Waals surface area contributed by atoms with Crippen molar-refractivity contribution in [3.63, 3.8) is 0 Å². The monoisotopic (exact) mass is 445 g/mol. The predicted octanol–water partition coefficient (Wildman–Crippen LogP) is 3.50. The first kappa shape index (κ1) is 22.2. The van der Waals surface area contributed by atoms with Crippen LogP contribution in [0.5, 0.6) is 5.75 Å². The lowest BCUT2D eigenvalue weighted by atomic mass is 10.1. The number of carbonyl (C=O) groups is 1. The second-order valence-corrected chi connectivity index (χ2v) is 6.65. The Morgan fingerprint density at radius 3 is 2.68 bits per heavy atom. The van der Waals surface area contributed by atoms with E-state index in [0.717, 1.165) is 6.07 Å². The zero-order valence-corrected chi connectivity index (χ0v) is 15.8. The Balaban J connectivity index is 1.78. The number of nitro groups is 1. The molecule has 3 rings (SSSR count). The Morgan fingerprint density at radius 1 is 1.35 bits per heavy atom. The van der Waals surface area contributed by atoms with E-state index in [1.54, 1.807) is 13.0 Å². The maximum absolute atomic E-state index is 13.3. The van der Waals surface area contributed by atoms with Gasteiger partial charge in [-0.15, -0.1) is 0 Å². The number of hydrazone groups is 1. The Labute approximate surface area is 171 Å². The van der Waals surface area contributed by atoms with Gasteiger partial charge in [0.1, 0.15) is 18.1 Å². The number of rotatable bonds is 7. The van der Waals surface area contributed by atoms with Gasteiger partial charge in [0.15, 0.2) is 11.5 Å². The van der Waals surface area contributed by atoms with Gasteiger partial charge in [0.25, 0.3) is 12.9 Å². The van der Waals surface area contributed by atoms with E-state index in [-0.39, 0.29) is 28.8 Å². The molecule has 9 nitrogen and oxygen atoms in total. The van der Waals surface area contributed by atoms with Gasteiger partial charge in [-0.2, -0.15) is 10.1 Å². The summed E-state index contributed by atoms with van der Waals surface area (Å²) < 4.78 is 62.7. The van der Waals surface area contributed by atoms with Crippen LogP contribution in [0, 0.1) is 17.0 Å². The number of aliphatic hydroxyl groups is 1. The molecule has 0 bridgehead atoms. The number of nitro benzene ring substituents is 1. The fraction of sp³-hybridized carbons (Fsp3) is 0.333. The number of ether oxygens (including phenoxy) is 1. The molecule has 2 aromatic rings. The van der Waals surface area contributed by atoms with Crippen molar-refractivity contribution in [2.45, 2.75) is 38.5 Å². The molecule has 2 heterocycles.